The SMILES string of the molecule is COc1cc(CN2CC[C@H](NC(=O)c3ccc4[nH]c(=O)[nH]c4n3)C2)cc(OC)c1. The van der Waals surface area contributed by atoms with E-state index >= 15 is 0 Å². The van der Waals surface area contributed by atoms with Gasteiger partial charge in [0, 0.05) is 31.7 Å². The van der Waals surface area contributed by atoms with E-state index in [2.05, 4.69) is 25.2 Å². The Hall–Kier alpha value is -3.33. The summed E-state index contributed by atoms with van der Waals surface area (Å²) >= 11 is 0. The molecule has 1 saturated heterocycles. The average Bonchev–Trinajstić information content (AvgIpc) is 3.31. The van der Waals surface area contributed by atoms with Gasteiger partial charge in [-0.25, -0.2) is 9.78 Å². The van der Waals surface area contributed by atoms with Crippen molar-refractivity contribution < 1.29 is 14.3 Å². The number of benzene rings is 1. The highest BCUT2D eigenvalue weighted by molar-refractivity contribution is 5.94. The summed E-state index contributed by atoms with van der Waals surface area (Å²) in [5.41, 5.74) is 1.99. The normalized spacial score (nSPS) is 16.8. The lowest BCUT2D eigenvalue weighted by atomic mass is 10.2. The van der Waals surface area contributed by atoms with Crippen molar-refractivity contribution >= 4 is 17.1 Å². The number of aromatic amines is 2. The number of imidazole rings is 1. The second-order valence-electron chi connectivity index (χ2n) is 7.09. The van der Waals surface area contributed by atoms with Gasteiger partial charge in [0.1, 0.15) is 17.2 Å². The molecule has 0 spiro atoms. The van der Waals surface area contributed by atoms with Gasteiger partial charge in [-0.2, -0.15) is 0 Å². The van der Waals surface area contributed by atoms with E-state index in [4.69, 9.17) is 9.47 Å². The number of pyridine rings is 1. The van der Waals surface area contributed by atoms with E-state index in [1.165, 1.54) is 0 Å². The fourth-order valence-corrected chi connectivity index (χ4v) is 3.61. The summed E-state index contributed by atoms with van der Waals surface area (Å²) in [6, 6.07) is 9.15. The smallest absolute Gasteiger partial charge is 0.325 e. The quantitative estimate of drug-likeness (QED) is 0.578. The number of rotatable bonds is 6. The van der Waals surface area contributed by atoms with Crippen molar-refractivity contribution in [1.29, 1.82) is 0 Å². The number of fused-ring (bicyclic) bond motifs is 1. The zero-order chi connectivity index (χ0) is 20.4. The number of hydrogen-bond donors (Lipinski definition) is 3. The van der Waals surface area contributed by atoms with Gasteiger partial charge >= 0.3 is 5.69 Å². The van der Waals surface area contributed by atoms with Gasteiger partial charge in [-0.15, -0.1) is 0 Å². The number of hydrogen-bond acceptors (Lipinski definition) is 6. The molecule has 0 radical (unpaired) electrons. The van der Waals surface area contributed by atoms with Crippen LogP contribution in [0.1, 0.15) is 22.5 Å². The summed E-state index contributed by atoms with van der Waals surface area (Å²) in [6.45, 7) is 2.37. The van der Waals surface area contributed by atoms with Crippen LogP contribution in [0.15, 0.2) is 35.1 Å². The van der Waals surface area contributed by atoms with Crippen molar-refractivity contribution in [3.8, 4) is 11.5 Å². The Morgan fingerprint density at radius 2 is 1.97 bits per heavy atom. The lowest BCUT2D eigenvalue weighted by Gasteiger charge is -2.18. The third-order valence-corrected chi connectivity index (χ3v) is 5.03. The summed E-state index contributed by atoms with van der Waals surface area (Å²) in [4.78, 5) is 35.6. The summed E-state index contributed by atoms with van der Waals surface area (Å²) in [5.74, 6) is 1.27. The maximum Gasteiger partial charge on any atom is 0.325 e. The number of carbonyl (C=O) groups excluding carboxylic acids is 1. The van der Waals surface area contributed by atoms with Gasteiger partial charge in [-0.05, 0) is 36.2 Å². The van der Waals surface area contributed by atoms with E-state index in [1.807, 2.05) is 18.2 Å². The average molecular weight is 397 g/mol. The highest BCUT2D eigenvalue weighted by atomic mass is 16.5. The molecule has 3 heterocycles. The van der Waals surface area contributed by atoms with Gasteiger partial charge in [0.25, 0.3) is 5.91 Å². The molecule has 0 saturated carbocycles. The minimum absolute atomic E-state index is 0.0396. The van der Waals surface area contributed by atoms with Gasteiger partial charge in [-0.3, -0.25) is 14.7 Å². The van der Waals surface area contributed by atoms with Gasteiger partial charge in [0.2, 0.25) is 0 Å². The molecule has 3 N–H and O–H groups in total. The summed E-state index contributed by atoms with van der Waals surface area (Å²) < 4.78 is 10.7. The Morgan fingerprint density at radius 3 is 2.69 bits per heavy atom. The van der Waals surface area contributed by atoms with Crippen LogP contribution in [0.2, 0.25) is 0 Å². The third-order valence-electron chi connectivity index (χ3n) is 5.03. The molecule has 3 aromatic rings. The number of H-pyrrole nitrogens is 2. The topological polar surface area (TPSA) is 112 Å². The van der Waals surface area contributed by atoms with Crippen LogP contribution in [0.25, 0.3) is 11.2 Å². The largest absolute Gasteiger partial charge is 0.497 e. The first-order valence-corrected chi connectivity index (χ1v) is 9.38. The number of aromatic nitrogens is 3. The van der Waals surface area contributed by atoms with Crippen LogP contribution >= 0.6 is 0 Å². The Morgan fingerprint density at radius 1 is 1.21 bits per heavy atom. The van der Waals surface area contributed by atoms with E-state index < -0.39 is 0 Å². The number of likely N-dealkylation sites (tertiary alicyclic amines) is 1. The van der Waals surface area contributed by atoms with Crippen molar-refractivity contribution in [3.63, 3.8) is 0 Å². The van der Waals surface area contributed by atoms with Crippen molar-refractivity contribution in [2.75, 3.05) is 27.3 Å². The highest BCUT2D eigenvalue weighted by Gasteiger charge is 2.25. The molecule has 1 atom stereocenters. The van der Waals surface area contributed by atoms with Crippen LogP contribution < -0.4 is 20.5 Å². The van der Waals surface area contributed by atoms with Crippen molar-refractivity contribution in [2.24, 2.45) is 0 Å². The van der Waals surface area contributed by atoms with Crippen LogP contribution in [-0.2, 0) is 6.54 Å². The van der Waals surface area contributed by atoms with Crippen molar-refractivity contribution in [1.82, 2.24) is 25.2 Å². The maximum atomic E-state index is 12.6. The predicted octanol–water partition coefficient (Wildman–Crippen LogP) is 1.27. The van der Waals surface area contributed by atoms with Crippen molar-refractivity contribution in [3.05, 3.63) is 52.1 Å². The first-order chi connectivity index (χ1) is 14.0. The number of nitrogens with one attached hydrogen (secondary N) is 3. The van der Waals surface area contributed by atoms with E-state index in [1.54, 1.807) is 26.4 Å². The Bertz CT molecular complexity index is 1070. The van der Waals surface area contributed by atoms with E-state index in [0.29, 0.717) is 11.2 Å². The summed E-state index contributed by atoms with van der Waals surface area (Å²) in [6.07, 6.45) is 0.857. The molecule has 152 valence electrons. The molecule has 1 aliphatic heterocycles. The van der Waals surface area contributed by atoms with Gasteiger partial charge in [0.05, 0.1) is 19.7 Å². The molecular weight excluding hydrogens is 374 g/mol. The van der Waals surface area contributed by atoms with Crippen LogP contribution in [0.3, 0.4) is 0 Å². The van der Waals surface area contributed by atoms with E-state index in [0.717, 1.165) is 43.1 Å². The minimum atomic E-state index is -0.342. The first-order valence-electron chi connectivity index (χ1n) is 9.38. The van der Waals surface area contributed by atoms with Crippen LogP contribution in [-0.4, -0.2) is 59.1 Å². The molecule has 0 unspecified atom stereocenters. The minimum Gasteiger partial charge on any atom is -0.497 e. The molecule has 4 rings (SSSR count). The molecule has 1 amide bonds. The number of ether oxygens (including phenoxy) is 2. The van der Waals surface area contributed by atoms with Crippen molar-refractivity contribution in [2.45, 2.75) is 19.0 Å². The number of carbonyl (C=O) groups is 1. The summed E-state index contributed by atoms with van der Waals surface area (Å²) in [5, 5.41) is 3.03. The number of amides is 1. The molecule has 1 aliphatic rings. The van der Waals surface area contributed by atoms with Crippen LogP contribution in [0.4, 0.5) is 0 Å². The number of methoxy groups -OCH3 is 2. The molecule has 0 aliphatic carbocycles. The van der Waals surface area contributed by atoms with E-state index in [9.17, 15) is 9.59 Å². The zero-order valence-corrected chi connectivity index (χ0v) is 16.3. The molecule has 1 fully saturated rings. The van der Waals surface area contributed by atoms with Gasteiger partial charge in [-0.1, -0.05) is 0 Å². The second kappa shape index (κ2) is 7.96. The van der Waals surface area contributed by atoms with Crippen LogP contribution in [0, 0.1) is 0 Å². The Kier molecular flexibility index (Phi) is 5.22. The Labute approximate surface area is 167 Å². The van der Waals surface area contributed by atoms with Crippen LogP contribution in [0.5, 0.6) is 11.5 Å². The lowest BCUT2D eigenvalue weighted by molar-refractivity contribution is 0.0933. The highest BCUT2D eigenvalue weighted by Crippen LogP contribution is 2.24. The fraction of sp³-hybridized carbons (Fsp3) is 0.350. The van der Waals surface area contributed by atoms with E-state index in [-0.39, 0.29) is 23.3 Å². The number of nitrogens with zero attached hydrogens (tertiary/aromatic N) is 2. The molecule has 9 heteroatoms. The summed E-state index contributed by atoms with van der Waals surface area (Å²) in [7, 11) is 3.27. The third kappa shape index (κ3) is 4.24. The molecule has 2 aromatic heterocycles. The molecule has 9 nitrogen and oxygen atoms in total. The fourth-order valence-electron chi connectivity index (χ4n) is 3.61. The molecule has 29 heavy (non-hydrogen) atoms. The zero-order valence-electron chi connectivity index (χ0n) is 16.3. The molecule has 1 aromatic carbocycles. The van der Waals surface area contributed by atoms with Gasteiger partial charge in [0.15, 0.2) is 5.65 Å². The molecule has 0 bridgehead atoms. The first kappa shape index (κ1) is 19.0. The monoisotopic (exact) mass is 397 g/mol. The maximum absolute atomic E-state index is 12.6. The second-order valence-corrected chi connectivity index (χ2v) is 7.09. The molecular formula is C20H23N5O4. The standard InChI is InChI=1S/C20H23N5O4/c1-28-14-7-12(8-15(9-14)29-2)10-25-6-5-13(11-25)21-19(26)17-4-3-16-18(22-17)24-20(27)23-16/h3-4,7-9,13H,5-6,10-11H2,1-2H3,(H,21,26)(H2,22,23,24,27)/t13-/m0/s1. The Balaban J connectivity index is 1.38. The lowest BCUT2D eigenvalue weighted by Crippen LogP contribution is -2.37. The van der Waals surface area contributed by atoms with Gasteiger partial charge < -0.3 is 19.8 Å². The predicted molar refractivity (Wildman–Crippen MR) is 107 cm³/mol.